The Labute approximate surface area is 131 Å². The lowest BCUT2D eigenvalue weighted by molar-refractivity contribution is 0.00300. The summed E-state index contributed by atoms with van der Waals surface area (Å²) < 4.78 is 0. The summed E-state index contributed by atoms with van der Waals surface area (Å²) in [6.45, 7) is 4.21. The van der Waals surface area contributed by atoms with E-state index in [0.29, 0.717) is 6.42 Å². The number of likely N-dealkylation sites (N-methyl/N-ethyl adjacent to an activating group) is 1. The SMILES string of the molecule is CCC(C)(C(O)Cc1nc(-c2ccccc2)cs1)N(C)C. The Morgan fingerprint density at radius 2 is 1.95 bits per heavy atom. The van der Waals surface area contributed by atoms with Crippen LogP contribution < -0.4 is 0 Å². The van der Waals surface area contributed by atoms with Gasteiger partial charge >= 0.3 is 0 Å². The van der Waals surface area contributed by atoms with Crippen molar-refractivity contribution in [3.05, 3.63) is 40.7 Å². The predicted octanol–water partition coefficient (Wildman–Crippen LogP) is 3.44. The van der Waals surface area contributed by atoms with E-state index in [1.807, 2.05) is 32.3 Å². The topological polar surface area (TPSA) is 36.4 Å². The van der Waals surface area contributed by atoms with E-state index in [-0.39, 0.29) is 5.54 Å². The number of hydrogen-bond donors (Lipinski definition) is 1. The lowest BCUT2D eigenvalue weighted by Gasteiger charge is -2.39. The molecule has 2 unspecified atom stereocenters. The van der Waals surface area contributed by atoms with Gasteiger partial charge in [0.1, 0.15) is 0 Å². The third-order valence-electron chi connectivity index (χ3n) is 4.44. The van der Waals surface area contributed by atoms with Crippen molar-refractivity contribution >= 4 is 11.3 Å². The van der Waals surface area contributed by atoms with Gasteiger partial charge < -0.3 is 10.0 Å². The molecule has 0 saturated heterocycles. The Morgan fingerprint density at radius 3 is 2.52 bits per heavy atom. The van der Waals surface area contributed by atoms with Crippen molar-refractivity contribution < 1.29 is 5.11 Å². The number of aliphatic hydroxyl groups is 1. The molecule has 4 heteroatoms. The zero-order chi connectivity index (χ0) is 15.5. The third-order valence-corrected chi connectivity index (χ3v) is 5.32. The molecule has 0 radical (unpaired) electrons. The third kappa shape index (κ3) is 3.51. The molecule has 0 amide bonds. The number of aliphatic hydroxyl groups excluding tert-OH is 1. The first-order valence-corrected chi connectivity index (χ1v) is 8.20. The molecule has 1 aromatic heterocycles. The van der Waals surface area contributed by atoms with E-state index in [1.165, 1.54) is 0 Å². The Kier molecular flexibility index (Phi) is 5.14. The number of nitrogens with zero attached hydrogens (tertiary/aromatic N) is 2. The van der Waals surface area contributed by atoms with Gasteiger partial charge in [0.2, 0.25) is 0 Å². The van der Waals surface area contributed by atoms with E-state index < -0.39 is 6.10 Å². The molecule has 21 heavy (non-hydrogen) atoms. The van der Waals surface area contributed by atoms with Crippen molar-refractivity contribution in [2.24, 2.45) is 0 Å². The van der Waals surface area contributed by atoms with Crippen LogP contribution in [-0.4, -0.2) is 40.7 Å². The first-order valence-electron chi connectivity index (χ1n) is 7.32. The van der Waals surface area contributed by atoms with Crippen LogP contribution in [0.25, 0.3) is 11.3 Å². The first-order chi connectivity index (χ1) is 9.97. The maximum Gasteiger partial charge on any atom is 0.0959 e. The highest BCUT2D eigenvalue weighted by molar-refractivity contribution is 7.09. The standard InChI is InChI=1S/C17H24N2OS/c1-5-17(2,19(3)4)15(20)11-16-18-14(12-21-16)13-9-7-6-8-10-13/h6-10,12,15,20H,5,11H2,1-4H3. The highest BCUT2D eigenvalue weighted by atomic mass is 32.1. The van der Waals surface area contributed by atoms with Crippen molar-refractivity contribution in [2.75, 3.05) is 14.1 Å². The van der Waals surface area contributed by atoms with E-state index in [9.17, 15) is 5.11 Å². The summed E-state index contributed by atoms with van der Waals surface area (Å²) in [4.78, 5) is 6.77. The second-order valence-electron chi connectivity index (χ2n) is 5.82. The van der Waals surface area contributed by atoms with Gasteiger partial charge in [-0.1, -0.05) is 37.3 Å². The average molecular weight is 304 g/mol. The zero-order valence-electron chi connectivity index (χ0n) is 13.2. The molecule has 0 aliphatic rings. The van der Waals surface area contributed by atoms with Gasteiger partial charge in [0.25, 0.3) is 0 Å². The monoisotopic (exact) mass is 304 g/mol. The molecule has 0 bridgehead atoms. The molecular formula is C17H24N2OS. The fourth-order valence-corrected chi connectivity index (χ4v) is 3.22. The lowest BCUT2D eigenvalue weighted by atomic mass is 9.88. The van der Waals surface area contributed by atoms with Crippen LogP contribution >= 0.6 is 11.3 Å². The molecule has 0 aliphatic carbocycles. The molecule has 1 heterocycles. The number of hydrogen-bond acceptors (Lipinski definition) is 4. The summed E-state index contributed by atoms with van der Waals surface area (Å²) in [6.07, 6.45) is 1.07. The first kappa shape index (κ1) is 16.1. The maximum atomic E-state index is 10.6. The van der Waals surface area contributed by atoms with Gasteiger partial charge in [-0.25, -0.2) is 4.98 Å². The molecular weight excluding hydrogens is 280 g/mol. The molecule has 114 valence electrons. The zero-order valence-corrected chi connectivity index (χ0v) is 14.0. The fourth-order valence-electron chi connectivity index (χ4n) is 2.38. The molecule has 0 saturated carbocycles. The van der Waals surface area contributed by atoms with Crippen LogP contribution in [0, 0.1) is 0 Å². The maximum absolute atomic E-state index is 10.6. The summed E-state index contributed by atoms with van der Waals surface area (Å²) in [5.41, 5.74) is 1.89. The minimum atomic E-state index is -0.424. The van der Waals surface area contributed by atoms with Crippen molar-refractivity contribution in [1.29, 1.82) is 0 Å². The summed E-state index contributed by atoms with van der Waals surface area (Å²) in [5, 5.41) is 13.7. The molecule has 1 aromatic carbocycles. The van der Waals surface area contributed by atoms with Crippen LogP contribution in [0.15, 0.2) is 35.7 Å². The van der Waals surface area contributed by atoms with Gasteiger partial charge in [-0.15, -0.1) is 11.3 Å². The Hall–Kier alpha value is -1.23. The van der Waals surface area contributed by atoms with E-state index >= 15 is 0 Å². The Bertz CT molecular complexity index is 567. The number of thiazole rings is 1. The van der Waals surface area contributed by atoms with Crippen LogP contribution in [0.2, 0.25) is 0 Å². The Morgan fingerprint density at radius 1 is 1.29 bits per heavy atom. The molecule has 2 aromatic rings. The summed E-state index contributed by atoms with van der Waals surface area (Å²) in [7, 11) is 4.04. The highest BCUT2D eigenvalue weighted by Crippen LogP contribution is 2.27. The second-order valence-corrected chi connectivity index (χ2v) is 6.76. The van der Waals surface area contributed by atoms with E-state index in [4.69, 9.17) is 0 Å². The largest absolute Gasteiger partial charge is 0.391 e. The molecule has 0 fully saturated rings. The van der Waals surface area contributed by atoms with E-state index in [2.05, 4.69) is 41.2 Å². The van der Waals surface area contributed by atoms with E-state index in [0.717, 1.165) is 22.7 Å². The summed E-state index contributed by atoms with van der Waals surface area (Å²) in [5.74, 6) is 0. The molecule has 0 aliphatic heterocycles. The van der Waals surface area contributed by atoms with Gasteiger partial charge in [-0.2, -0.15) is 0 Å². The van der Waals surface area contributed by atoms with Crippen LogP contribution in [0.5, 0.6) is 0 Å². The van der Waals surface area contributed by atoms with Crippen LogP contribution in [0.3, 0.4) is 0 Å². The van der Waals surface area contributed by atoms with Crippen molar-refractivity contribution in [3.8, 4) is 11.3 Å². The second kappa shape index (κ2) is 6.69. The van der Waals surface area contributed by atoms with Crippen LogP contribution in [0.1, 0.15) is 25.3 Å². The van der Waals surface area contributed by atoms with Gasteiger partial charge in [0.15, 0.2) is 0 Å². The molecule has 2 rings (SSSR count). The quantitative estimate of drug-likeness (QED) is 0.888. The average Bonchev–Trinajstić information content (AvgIpc) is 2.95. The summed E-state index contributed by atoms with van der Waals surface area (Å²) in [6, 6.07) is 10.2. The normalized spacial score (nSPS) is 15.9. The number of aromatic nitrogens is 1. The van der Waals surface area contributed by atoms with Crippen LogP contribution in [0.4, 0.5) is 0 Å². The summed E-state index contributed by atoms with van der Waals surface area (Å²) >= 11 is 1.62. The fraction of sp³-hybridized carbons (Fsp3) is 0.471. The molecule has 0 spiro atoms. The smallest absolute Gasteiger partial charge is 0.0959 e. The van der Waals surface area contributed by atoms with Crippen LogP contribution in [-0.2, 0) is 6.42 Å². The minimum Gasteiger partial charge on any atom is -0.391 e. The highest BCUT2D eigenvalue weighted by Gasteiger charge is 2.33. The van der Waals surface area contributed by atoms with Crippen molar-refractivity contribution in [2.45, 2.75) is 38.3 Å². The predicted molar refractivity (Wildman–Crippen MR) is 89.6 cm³/mol. The van der Waals surface area contributed by atoms with E-state index in [1.54, 1.807) is 11.3 Å². The minimum absolute atomic E-state index is 0.224. The van der Waals surface area contributed by atoms with Gasteiger partial charge in [-0.3, -0.25) is 0 Å². The lowest BCUT2D eigenvalue weighted by Crippen LogP contribution is -2.51. The van der Waals surface area contributed by atoms with Crippen molar-refractivity contribution in [1.82, 2.24) is 9.88 Å². The molecule has 3 nitrogen and oxygen atoms in total. The Balaban J connectivity index is 2.13. The van der Waals surface area contributed by atoms with Gasteiger partial charge in [-0.05, 0) is 27.4 Å². The van der Waals surface area contributed by atoms with Gasteiger partial charge in [0.05, 0.1) is 16.8 Å². The molecule has 1 N–H and O–H groups in total. The van der Waals surface area contributed by atoms with Gasteiger partial charge in [0, 0.05) is 22.9 Å². The number of benzene rings is 1. The van der Waals surface area contributed by atoms with Crippen molar-refractivity contribution in [3.63, 3.8) is 0 Å². The number of rotatable bonds is 6. The molecule has 2 atom stereocenters.